The van der Waals surface area contributed by atoms with Gasteiger partial charge in [-0.3, -0.25) is 4.79 Å². The lowest BCUT2D eigenvalue weighted by molar-refractivity contribution is 0.0999. The molecule has 1 amide bonds. The molecule has 0 radical (unpaired) electrons. The predicted molar refractivity (Wildman–Crippen MR) is 132 cm³/mol. The van der Waals surface area contributed by atoms with E-state index in [0.29, 0.717) is 23.6 Å². The van der Waals surface area contributed by atoms with Crippen LogP contribution in [0.25, 0.3) is 11.4 Å². The van der Waals surface area contributed by atoms with E-state index in [1.165, 1.54) is 11.3 Å². The van der Waals surface area contributed by atoms with Crippen molar-refractivity contribution in [2.24, 2.45) is 5.73 Å². The van der Waals surface area contributed by atoms with E-state index in [-0.39, 0.29) is 0 Å². The van der Waals surface area contributed by atoms with Crippen LogP contribution >= 0.6 is 11.3 Å². The fourth-order valence-electron chi connectivity index (χ4n) is 3.75. The first-order chi connectivity index (χ1) is 15.9. The smallest absolute Gasteiger partial charge is 0.250 e. The van der Waals surface area contributed by atoms with Crippen LogP contribution in [0.4, 0.5) is 10.8 Å². The van der Waals surface area contributed by atoms with Gasteiger partial charge in [0.1, 0.15) is 0 Å². The van der Waals surface area contributed by atoms with E-state index < -0.39 is 5.91 Å². The Morgan fingerprint density at radius 3 is 2.55 bits per heavy atom. The molecule has 8 heteroatoms. The summed E-state index contributed by atoms with van der Waals surface area (Å²) in [6.07, 6.45) is 0. The lowest BCUT2D eigenvalue weighted by atomic mass is 10.2. The van der Waals surface area contributed by atoms with Crippen molar-refractivity contribution in [3.8, 4) is 22.9 Å². The van der Waals surface area contributed by atoms with Crippen LogP contribution in [0.5, 0.6) is 11.5 Å². The summed E-state index contributed by atoms with van der Waals surface area (Å²) in [4.78, 5) is 16.9. The average molecular weight is 463 g/mol. The summed E-state index contributed by atoms with van der Waals surface area (Å²) < 4.78 is 12.8. The third kappa shape index (κ3) is 4.56. The first-order valence-electron chi connectivity index (χ1n) is 10.4. The molecule has 0 atom stereocenters. The van der Waals surface area contributed by atoms with Gasteiger partial charge in [-0.15, -0.1) is 11.3 Å². The highest BCUT2D eigenvalue weighted by Gasteiger charge is 2.19. The van der Waals surface area contributed by atoms with Crippen LogP contribution in [0.15, 0.2) is 53.9 Å². The number of carbonyl (C=O) groups is 1. The number of thiazole rings is 1. The van der Waals surface area contributed by atoms with Crippen LogP contribution in [0, 0.1) is 13.8 Å². The predicted octanol–water partition coefficient (Wildman–Crippen LogP) is 5.14. The second kappa shape index (κ2) is 9.38. The number of nitrogens with two attached hydrogens (primary N) is 1. The van der Waals surface area contributed by atoms with E-state index >= 15 is 0 Å². The number of anilines is 2. The molecule has 0 bridgehead atoms. The minimum absolute atomic E-state index is 0.465. The Bertz CT molecular complexity index is 1310. The minimum Gasteiger partial charge on any atom is -0.493 e. The molecule has 0 aliphatic carbocycles. The summed E-state index contributed by atoms with van der Waals surface area (Å²) in [5, 5.41) is 6.13. The number of aryl methyl sites for hydroxylation is 1. The number of rotatable bonds is 8. The van der Waals surface area contributed by atoms with Crippen molar-refractivity contribution in [2.45, 2.75) is 20.4 Å². The Labute approximate surface area is 196 Å². The molecular formula is C25H26N4O3S. The Hall–Kier alpha value is -3.78. The molecule has 0 aliphatic heterocycles. The van der Waals surface area contributed by atoms with Crippen molar-refractivity contribution in [1.82, 2.24) is 9.55 Å². The fraction of sp³-hybridized carbons (Fsp3) is 0.200. The number of carbonyl (C=O) groups excluding carboxylic acids is 1. The molecule has 4 aromatic rings. The largest absolute Gasteiger partial charge is 0.493 e. The zero-order valence-corrected chi connectivity index (χ0v) is 19.8. The van der Waals surface area contributed by atoms with Gasteiger partial charge in [0.25, 0.3) is 5.91 Å². The molecule has 0 fully saturated rings. The van der Waals surface area contributed by atoms with Gasteiger partial charge in [-0.2, -0.15) is 0 Å². The molecule has 0 unspecified atom stereocenters. The number of primary amides is 1. The Morgan fingerprint density at radius 1 is 1.09 bits per heavy atom. The molecule has 0 spiro atoms. The zero-order valence-electron chi connectivity index (χ0n) is 19.0. The van der Waals surface area contributed by atoms with Crippen LogP contribution in [0.3, 0.4) is 0 Å². The van der Waals surface area contributed by atoms with Gasteiger partial charge in [-0.1, -0.05) is 24.3 Å². The molecule has 170 valence electrons. The zero-order chi connectivity index (χ0) is 23.5. The Morgan fingerprint density at radius 2 is 1.85 bits per heavy atom. The number of amides is 1. The van der Waals surface area contributed by atoms with Crippen molar-refractivity contribution < 1.29 is 14.3 Å². The van der Waals surface area contributed by atoms with Gasteiger partial charge in [0, 0.05) is 23.3 Å². The lowest BCUT2D eigenvalue weighted by Crippen LogP contribution is -2.12. The molecule has 2 heterocycles. The fourth-order valence-corrected chi connectivity index (χ4v) is 4.47. The molecule has 4 rings (SSSR count). The number of hydrogen-bond donors (Lipinski definition) is 2. The second-order valence-corrected chi connectivity index (χ2v) is 8.50. The molecule has 0 saturated carbocycles. The van der Waals surface area contributed by atoms with E-state index in [4.69, 9.17) is 20.2 Å². The number of nitrogens with one attached hydrogen (secondary N) is 1. The van der Waals surface area contributed by atoms with E-state index in [1.807, 2.05) is 72.3 Å². The number of para-hydroxylation sites is 1. The number of aromatic nitrogens is 2. The van der Waals surface area contributed by atoms with Crippen molar-refractivity contribution >= 4 is 28.1 Å². The van der Waals surface area contributed by atoms with E-state index in [9.17, 15) is 4.79 Å². The minimum atomic E-state index is -0.465. The molecule has 2 aromatic heterocycles. The molecule has 33 heavy (non-hydrogen) atoms. The number of nitrogens with zero attached hydrogens (tertiary/aromatic N) is 2. The van der Waals surface area contributed by atoms with Crippen molar-refractivity contribution in [3.63, 3.8) is 0 Å². The summed E-state index contributed by atoms with van der Waals surface area (Å²) in [7, 11) is 3.22. The van der Waals surface area contributed by atoms with Crippen LogP contribution in [0.2, 0.25) is 0 Å². The number of hydrogen-bond acceptors (Lipinski definition) is 6. The van der Waals surface area contributed by atoms with Crippen molar-refractivity contribution in [1.29, 1.82) is 0 Å². The Balaban J connectivity index is 1.71. The number of ether oxygens (including phenoxy) is 2. The first-order valence-corrected chi connectivity index (χ1v) is 11.3. The van der Waals surface area contributed by atoms with Gasteiger partial charge in [0.15, 0.2) is 16.6 Å². The van der Waals surface area contributed by atoms with Crippen LogP contribution in [0.1, 0.15) is 27.2 Å². The van der Waals surface area contributed by atoms with Gasteiger partial charge >= 0.3 is 0 Å². The first kappa shape index (κ1) is 22.4. The highest BCUT2D eigenvalue weighted by Crippen LogP contribution is 2.33. The molecule has 0 aliphatic rings. The topological polar surface area (TPSA) is 91.4 Å². The van der Waals surface area contributed by atoms with Gasteiger partial charge in [-0.25, -0.2) is 4.98 Å². The second-order valence-electron chi connectivity index (χ2n) is 7.65. The van der Waals surface area contributed by atoms with Gasteiger partial charge in [0.2, 0.25) is 0 Å². The van der Waals surface area contributed by atoms with Gasteiger partial charge in [-0.05, 0) is 49.2 Å². The molecule has 2 aromatic carbocycles. The van der Waals surface area contributed by atoms with Crippen LogP contribution in [-0.4, -0.2) is 29.7 Å². The van der Waals surface area contributed by atoms with E-state index in [1.54, 1.807) is 14.2 Å². The van der Waals surface area contributed by atoms with Crippen LogP contribution in [-0.2, 0) is 6.54 Å². The summed E-state index contributed by atoms with van der Waals surface area (Å²) in [6.45, 7) is 4.46. The Kier molecular flexibility index (Phi) is 6.37. The lowest BCUT2D eigenvalue weighted by Gasteiger charge is -2.13. The third-order valence-corrected chi connectivity index (χ3v) is 6.33. The maximum absolute atomic E-state index is 12.1. The summed E-state index contributed by atoms with van der Waals surface area (Å²) >= 11 is 1.51. The third-order valence-electron chi connectivity index (χ3n) is 5.57. The maximum Gasteiger partial charge on any atom is 0.250 e. The highest BCUT2D eigenvalue weighted by atomic mass is 32.1. The van der Waals surface area contributed by atoms with Crippen molar-refractivity contribution in [2.75, 3.05) is 19.5 Å². The van der Waals surface area contributed by atoms with Crippen LogP contribution < -0.4 is 20.5 Å². The SMILES string of the molecule is COc1ccc(Cn2c(-c3csc(Nc4ccccc4C)n3)cc(C(N)=O)c2C)cc1OC. The monoisotopic (exact) mass is 462 g/mol. The molecule has 3 N–H and O–H groups in total. The summed E-state index contributed by atoms with van der Waals surface area (Å²) in [5.74, 6) is 0.845. The maximum atomic E-state index is 12.1. The number of methoxy groups -OCH3 is 2. The summed E-state index contributed by atoms with van der Waals surface area (Å²) in [6, 6.07) is 15.6. The summed E-state index contributed by atoms with van der Waals surface area (Å²) in [5.41, 5.74) is 11.7. The number of benzene rings is 2. The van der Waals surface area contributed by atoms with E-state index in [2.05, 4.69) is 5.32 Å². The highest BCUT2D eigenvalue weighted by molar-refractivity contribution is 7.14. The molecule has 7 nitrogen and oxygen atoms in total. The average Bonchev–Trinajstić information content (AvgIpc) is 3.40. The van der Waals surface area contributed by atoms with Crippen molar-refractivity contribution in [3.05, 3.63) is 76.3 Å². The molecular weight excluding hydrogens is 436 g/mol. The van der Waals surface area contributed by atoms with Gasteiger partial charge < -0.3 is 25.1 Å². The standard InChI is InChI=1S/C25H26N4O3S/c1-15-7-5-6-8-19(15)27-25-28-20(14-33-25)21-12-18(24(26)30)16(2)29(21)13-17-9-10-22(31-3)23(11-17)32-4/h5-12,14H,13H2,1-4H3,(H2,26,30)(H,27,28). The molecule has 0 saturated heterocycles. The van der Waals surface area contributed by atoms with Gasteiger partial charge in [0.05, 0.1) is 31.2 Å². The van der Waals surface area contributed by atoms with E-state index in [0.717, 1.165) is 39.0 Å². The quantitative estimate of drug-likeness (QED) is 0.378. The normalized spacial score (nSPS) is 10.8.